The Morgan fingerprint density at radius 3 is 2.42 bits per heavy atom. The zero-order valence-electron chi connectivity index (χ0n) is 16.4. The molecule has 0 atom stereocenters. The van der Waals surface area contributed by atoms with Gasteiger partial charge in [-0.2, -0.15) is 4.31 Å². The zero-order chi connectivity index (χ0) is 22.1. The van der Waals surface area contributed by atoms with Gasteiger partial charge in [0.2, 0.25) is 10.0 Å². The summed E-state index contributed by atoms with van der Waals surface area (Å²) in [7, 11) is -3.92. The molecule has 6 nitrogen and oxygen atoms in total. The second-order valence-electron chi connectivity index (χ2n) is 7.20. The van der Waals surface area contributed by atoms with Crippen LogP contribution >= 0.6 is 0 Å². The second kappa shape index (κ2) is 8.45. The summed E-state index contributed by atoms with van der Waals surface area (Å²) in [6.45, 7) is 2.12. The van der Waals surface area contributed by atoms with Gasteiger partial charge in [0.05, 0.1) is 10.4 Å². The number of benzene rings is 2. The van der Waals surface area contributed by atoms with Crippen LogP contribution < -0.4 is 4.74 Å². The predicted molar refractivity (Wildman–Crippen MR) is 109 cm³/mol. The van der Waals surface area contributed by atoms with E-state index >= 15 is 0 Å². The van der Waals surface area contributed by atoms with Crippen LogP contribution in [-0.2, 0) is 16.6 Å². The second-order valence-corrected chi connectivity index (χ2v) is 9.13. The van der Waals surface area contributed by atoms with E-state index in [0.717, 1.165) is 28.6 Å². The van der Waals surface area contributed by atoms with E-state index in [0.29, 0.717) is 19.6 Å². The molecule has 0 aliphatic carbocycles. The molecule has 0 N–H and O–H groups in total. The number of aromatic nitrogens is 1. The van der Waals surface area contributed by atoms with Crippen LogP contribution in [0.25, 0.3) is 10.9 Å². The van der Waals surface area contributed by atoms with Gasteiger partial charge in [0.15, 0.2) is 0 Å². The fourth-order valence-electron chi connectivity index (χ4n) is 3.64. The van der Waals surface area contributed by atoms with Gasteiger partial charge >= 0.3 is 6.36 Å². The van der Waals surface area contributed by atoms with E-state index in [-0.39, 0.29) is 18.0 Å². The van der Waals surface area contributed by atoms with E-state index in [1.807, 2.05) is 30.3 Å². The molecule has 1 aliphatic rings. The van der Waals surface area contributed by atoms with E-state index in [2.05, 4.69) is 14.6 Å². The molecule has 2 aromatic carbocycles. The van der Waals surface area contributed by atoms with Crippen LogP contribution in [0.15, 0.2) is 65.7 Å². The Kier molecular flexibility index (Phi) is 5.87. The molecule has 4 rings (SSSR count). The minimum Gasteiger partial charge on any atom is -0.406 e. The number of alkyl halides is 3. The molecule has 31 heavy (non-hydrogen) atoms. The lowest BCUT2D eigenvalue weighted by atomic mass is 10.1. The molecule has 0 radical (unpaired) electrons. The average Bonchev–Trinajstić information content (AvgIpc) is 2.73. The van der Waals surface area contributed by atoms with Crippen LogP contribution in [0.4, 0.5) is 13.2 Å². The molecule has 10 heteroatoms. The van der Waals surface area contributed by atoms with Crippen LogP contribution in [0.1, 0.15) is 5.56 Å². The molecule has 0 bridgehead atoms. The Hall–Kier alpha value is -2.69. The summed E-state index contributed by atoms with van der Waals surface area (Å²) in [6, 6.07) is 14.3. The van der Waals surface area contributed by atoms with Crippen LogP contribution in [0.2, 0.25) is 0 Å². The Bertz CT molecular complexity index is 1170. The van der Waals surface area contributed by atoms with Crippen LogP contribution in [0.3, 0.4) is 0 Å². The molecule has 1 fully saturated rings. The highest BCUT2D eigenvalue weighted by molar-refractivity contribution is 7.89. The summed E-state index contributed by atoms with van der Waals surface area (Å²) in [5.41, 5.74) is 1.98. The highest BCUT2D eigenvalue weighted by Crippen LogP contribution is 2.27. The molecule has 3 aromatic rings. The van der Waals surface area contributed by atoms with Gasteiger partial charge in [-0.25, -0.2) is 8.42 Å². The predicted octanol–water partition coefficient (Wildman–Crippen LogP) is 3.64. The molecule has 0 unspecified atom stereocenters. The van der Waals surface area contributed by atoms with Crippen molar-refractivity contribution in [2.75, 3.05) is 26.2 Å². The fraction of sp³-hybridized carbons (Fsp3) is 0.286. The number of halogens is 3. The Labute approximate surface area is 177 Å². The number of nitrogens with zero attached hydrogens (tertiary/aromatic N) is 3. The first kappa shape index (κ1) is 21.5. The number of sulfonamides is 1. The topological polar surface area (TPSA) is 62.7 Å². The highest BCUT2D eigenvalue weighted by Gasteiger charge is 2.33. The number of piperazine rings is 1. The minimum atomic E-state index is -4.88. The van der Waals surface area contributed by atoms with Crippen molar-refractivity contribution in [1.29, 1.82) is 0 Å². The lowest BCUT2D eigenvalue weighted by Gasteiger charge is -2.34. The van der Waals surface area contributed by atoms with Crippen molar-refractivity contribution in [2.24, 2.45) is 0 Å². The van der Waals surface area contributed by atoms with Crippen molar-refractivity contribution in [3.05, 3.63) is 66.4 Å². The van der Waals surface area contributed by atoms with Gasteiger partial charge in [-0.05, 0) is 23.8 Å². The largest absolute Gasteiger partial charge is 0.573 e. The van der Waals surface area contributed by atoms with Gasteiger partial charge in [-0.1, -0.05) is 30.3 Å². The summed E-state index contributed by atoms with van der Waals surface area (Å²) in [5.74, 6) is -0.560. The van der Waals surface area contributed by atoms with Gasteiger partial charge in [-0.15, -0.1) is 13.2 Å². The van der Waals surface area contributed by atoms with Gasteiger partial charge in [0.1, 0.15) is 5.75 Å². The van der Waals surface area contributed by atoms with Gasteiger partial charge in [0, 0.05) is 50.4 Å². The van der Waals surface area contributed by atoms with Crippen LogP contribution in [0.5, 0.6) is 5.75 Å². The van der Waals surface area contributed by atoms with E-state index in [9.17, 15) is 21.6 Å². The third kappa shape index (κ3) is 4.97. The molecule has 164 valence electrons. The number of fused-ring (bicyclic) bond motifs is 1. The maximum Gasteiger partial charge on any atom is 0.573 e. The average molecular weight is 451 g/mol. The van der Waals surface area contributed by atoms with Crippen LogP contribution in [0, 0.1) is 0 Å². The monoisotopic (exact) mass is 451 g/mol. The molecule has 1 saturated heterocycles. The maximum atomic E-state index is 12.9. The Balaban J connectivity index is 1.44. The van der Waals surface area contributed by atoms with Gasteiger partial charge < -0.3 is 4.74 Å². The van der Waals surface area contributed by atoms with E-state index in [1.54, 1.807) is 6.20 Å². The molecular formula is C21H20F3N3O3S. The smallest absolute Gasteiger partial charge is 0.406 e. The van der Waals surface area contributed by atoms with E-state index in [1.165, 1.54) is 16.4 Å². The first-order chi connectivity index (χ1) is 14.7. The zero-order valence-corrected chi connectivity index (χ0v) is 17.2. The third-order valence-electron chi connectivity index (χ3n) is 5.12. The molecule has 0 saturated carbocycles. The molecule has 1 aromatic heterocycles. The van der Waals surface area contributed by atoms with Gasteiger partial charge in [0.25, 0.3) is 0 Å². The quantitative estimate of drug-likeness (QED) is 0.593. The number of rotatable bonds is 5. The highest BCUT2D eigenvalue weighted by atomic mass is 32.2. The van der Waals surface area contributed by atoms with Crippen molar-refractivity contribution in [3.8, 4) is 5.75 Å². The van der Waals surface area contributed by atoms with Crippen molar-refractivity contribution in [3.63, 3.8) is 0 Å². The third-order valence-corrected chi connectivity index (χ3v) is 7.01. The first-order valence-corrected chi connectivity index (χ1v) is 11.1. The van der Waals surface area contributed by atoms with Crippen molar-refractivity contribution < 1.29 is 26.3 Å². The number of ether oxygens (including phenoxy) is 1. The molecule has 0 spiro atoms. The van der Waals surface area contributed by atoms with Gasteiger partial charge in [-0.3, -0.25) is 9.88 Å². The van der Waals surface area contributed by atoms with Crippen molar-refractivity contribution >= 4 is 20.9 Å². The fourth-order valence-corrected chi connectivity index (χ4v) is 5.10. The molecule has 1 aliphatic heterocycles. The SMILES string of the molecule is O=S(=O)(c1cccc(OC(F)(F)F)c1)N1CCN(Cc2cccc3cccnc23)CC1. The first-order valence-electron chi connectivity index (χ1n) is 9.63. The molecule has 0 amide bonds. The standard InChI is InChI=1S/C21H20F3N3O3S/c22-21(23,24)30-18-7-2-8-19(14-18)31(28,29)27-12-10-26(11-13-27)15-17-5-1-4-16-6-3-9-25-20(16)17/h1-9,14H,10-13,15H2. The Morgan fingerprint density at radius 2 is 1.68 bits per heavy atom. The number of hydrogen-bond donors (Lipinski definition) is 0. The summed E-state index contributed by atoms with van der Waals surface area (Å²) in [4.78, 5) is 6.37. The van der Waals surface area contributed by atoms with E-state index in [4.69, 9.17) is 0 Å². The summed E-state index contributed by atoms with van der Waals surface area (Å²) in [5, 5.41) is 1.04. The normalized spacial score (nSPS) is 16.5. The number of pyridine rings is 1. The lowest BCUT2D eigenvalue weighted by molar-refractivity contribution is -0.274. The number of para-hydroxylation sites is 1. The molecular weight excluding hydrogens is 431 g/mol. The summed E-state index contributed by atoms with van der Waals surface area (Å²) < 4.78 is 68.3. The summed E-state index contributed by atoms with van der Waals surface area (Å²) >= 11 is 0. The minimum absolute atomic E-state index is 0.221. The van der Waals surface area contributed by atoms with Crippen molar-refractivity contribution in [1.82, 2.24) is 14.2 Å². The summed E-state index contributed by atoms with van der Waals surface area (Å²) in [6.07, 6.45) is -3.14. The Morgan fingerprint density at radius 1 is 0.968 bits per heavy atom. The maximum absolute atomic E-state index is 12.9. The lowest BCUT2D eigenvalue weighted by Crippen LogP contribution is -2.48. The van der Waals surface area contributed by atoms with Crippen molar-refractivity contribution in [2.45, 2.75) is 17.8 Å². The van der Waals surface area contributed by atoms with E-state index < -0.39 is 22.1 Å². The molecule has 2 heterocycles. The van der Waals surface area contributed by atoms with Crippen LogP contribution in [-0.4, -0.2) is 55.1 Å². The number of hydrogen-bond acceptors (Lipinski definition) is 5.